The summed E-state index contributed by atoms with van der Waals surface area (Å²) in [4.78, 5) is 28.9. The van der Waals surface area contributed by atoms with Gasteiger partial charge in [0.05, 0.1) is 12.1 Å². The van der Waals surface area contributed by atoms with Gasteiger partial charge in [-0.15, -0.1) is 5.10 Å². The van der Waals surface area contributed by atoms with Gasteiger partial charge in [-0.1, -0.05) is 6.92 Å². The van der Waals surface area contributed by atoms with E-state index in [9.17, 15) is 9.59 Å². The molecular weight excluding hydrogens is 286 g/mol. The van der Waals surface area contributed by atoms with E-state index < -0.39 is 5.91 Å². The van der Waals surface area contributed by atoms with E-state index in [1.165, 1.54) is 6.33 Å². The second-order valence-corrected chi connectivity index (χ2v) is 5.58. The van der Waals surface area contributed by atoms with Crippen molar-refractivity contribution in [3.63, 3.8) is 0 Å². The van der Waals surface area contributed by atoms with Gasteiger partial charge in [-0.05, 0) is 26.2 Å². The molecule has 0 unspecified atom stereocenters. The van der Waals surface area contributed by atoms with E-state index in [1.54, 1.807) is 9.58 Å². The van der Waals surface area contributed by atoms with Crippen LogP contribution in [0.5, 0.6) is 0 Å². The maximum Gasteiger partial charge on any atom is 0.288 e. The average Bonchev–Trinajstić information content (AvgIpc) is 3.02. The van der Waals surface area contributed by atoms with Gasteiger partial charge in [-0.2, -0.15) is 0 Å². The van der Waals surface area contributed by atoms with E-state index in [1.807, 2.05) is 13.8 Å². The third-order valence-electron chi connectivity index (χ3n) is 3.92. The number of hydrogen-bond acceptors (Lipinski definition) is 5. The standard InChI is InChI=1S/C14H23N5O3/c1-3-10(2)22-8-12(20)18-6-4-5-11(7-18)19-9-16-14(17-19)13(15)21/h9-11H,3-8H2,1-2H3,(H2,15,21)/t10-,11+/m1/s1. The van der Waals surface area contributed by atoms with Crippen LogP contribution in [0, 0.1) is 0 Å². The van der Waals surface area contributed by atoms with Crippen molar-refractivity contribution in [1.82, 2.24) is 19.7 Å². The van der Waals surface area contributed by atoms with E-state index in [2.05, 4.69) is 10.1 Å². The van der Waals surface area contributed by atoms with Crippen LogP contribution >= 0.6 is 0 Å². The van der Waals surface area contributed by atoms with Gasteiger partial charge in [-0.3, -0.25) is 9.59 Å². The Hall–Kier alpha value is -1.96. The molecule has 0 bridgehead atoms. The third kappa shape index (κ3) is 4.03. The molecule has 1 saturated heterocycles. The van der Waals surface area contributed by atoms with E-state index in [-0.39, 0.29) is 30.5 Å². The lowest BCUT2D eigenvalue weighted by Crippen LogP contribution is -2.43. The van der Waals surface area contributed by atoms with E-state index in [0.29, 0.717) is 6.54 Å². The van der Waals surface area contributed by atoms with Gasteiger partial charge in [0.2, 0.25) is 11.7 Å². The van der Waals surface area contributed by atoms with Crippen molar-refractivity contribution in [2.24, 2.45) is 5.73 Å². The van der Waals surface area contributed by atoms with Gasteiger partial charge in [-0.25, -0.2) is 9.67 Å². The van der Waals surface area contributed by atoms with E-state index >= 15 is 0 Å². The lowest BCUT2D eigenvalue weighted by Gasteiger charge is -2.32. The number of amides is 2. The lowest BCUT2D eigenvalue weighted by atomic mass is 10.1. The Labute approximate surface area is 129 Å². The first-order chi connectivity index (χ1) is 10.5. The van der Waals surface area contributed by atoms with Crippen molar-refractivity contribution in [2.75, 3.05) is 19.7 Å². The number of hydrogen-bond donors (Lipinski definition) is 1. The molecule has 1 aromatic rings. The van der Waals surface area contributed by atoms with Crippen LogP contribution in [0.2, 0.25) is 0 Å². The minimum atomic E-state index is -0.649. The minimum Gasteiger partial charge on any atom is -0.369 e. The maximum absolute atomic E-state index is 12.2. The van der Waals surface area contributed by atoms with Crippen LogP contribution in [-0.4, -0.2) is 57.3 Å². The molecule has 8 nitrogen and oxygen atoms in total. The summed E-state index contributed by atoms with van der Waals surface area (Å²) >= 11 is 0. The molecule has 1 fully saturated rings. The number of primary amides is 1. The first-order valence-corrected chi connectivity index (χ1v) is 7.61. The summed E-state index contributed by atoms with van der Waals surface area (Å²) < 4.78 is 7.12. The van der Waals surface area contributed by atoms with Gasteiger partial charge in [0.25, 0.3) is 5.91 Å². The normalized spacial score (nSPS) is 19.9. The van der Waals surface area contributed by atoms with Crippen LogP contribution in [-0.2, 0) is 9.53 Å². The largest absolute Gasteiger partial charge is 0.369 e. The molecule has 2 N–H and O–H groups in total. The fraction of sp³-hybridized carbons (Fsp3) is 0.714. The Balaban J connectivity index is 1.93. The molecule has 2 amide bonds. The van der Waals surface area contributed by atoms with Crippen LogP contribution in [0.1, 0.15) is 49.8 Å². The lowest BCUT2D eigenvalue weighted by molar-refractivity contribution is -0.139. The Morgan fingerprint density at radius 2 is 2.32 bits per heavy atom. The predicted molar refractivity (Wildman–Crippen MR) is 79.1 cm³/mol. The summed E-state index contributed by atoms with van der Waals surface area (Å²) in [5.41, 5.74) is 5.15. The van der Waals surface area contributed by atoms with Gasteiger partial charge in [0.15, 0.2) is 0 Å². The quantitative estimate of drug-likeness (QED) is 0.817. The van der Waals surface area contributed by atoms with Crippen molar-refractivity contribution in [3.05, 3.63) is 12.2 Å². The number of carbonyl (C=O) groups excluding carboxylic acids is 2. The smallest absolute Gasteiger partial charge is 0.288 e. The summed E-state index contributed by atoms with van der Waals surface area (Å²) in [6.07, 6.45) is 4.22. The molecule has 2 heterocycles. The summed E-state index contributed by atoms with van der Waals surface area (Å²) in [6, 6.07) is 0.0156. The molecular formula is C14H23N5O3. The number of aromatic nitrogens is 3. The Kier molecular flexibility index (Phi) is 5.48. The fourth-order valence-corrected chi connectivity index (χ4v) is 2.38. The van der Waals surface area contributed by atoms with Crippen LogP contribution in [0.25, 0.3) is 0 Å². The number of piperidine rings is 1. The molecule has 22 heavy (non-hydrogen) atoms. The zero-order valence-corrected chi connectivity index (χ0v) is 13.1. The van der Waals surface area contributed by atoms with Crippen LogP contribution in [0.3, 0.4) is 0 Å². The molecule has 0 aromatic carbocycles. The number of likely N-dealkylation sites (tertiary alicyclic amines) is 1. The van der Waals surface area contributed by atoms with Crippen molar-refractivity contribution < 1.29 is 14.3 Å². The zero-order valence-electron chi connectivity index (χ0n) is 13.1. The topological polar surface area (TPSA) is 103 Å². The van der Waals surface area contributed by atoms with Crippen molar-refractivity contribution in [1.29, 1.82) is 0 Å². The highest BCUT2D eigenvalue weighted by molar-refractivity contribution is 5.88. The predicted octanol–water partition coefficient (Wildman–Crippen LogP) is 0.356. The number of ether oxygens (including phenoxy) is 1. The third-order valence-corrected chi connectivity index (χ3v) is 3.92. The van der Waals surface area contributed by atoms with Crippen molar-refractivity contribution in [3.8, 4) is 0 Å². The van der Waals surface area contributed by atoms with E-state index in [4.69, 9.17) is 10.5 Å². The highest BCUT2D eigenvalue weighted by atomic mass is 16.5. The molecule has 1 aliphatic heterocycles. The number of nitrogens with zero attached hydrogens (tertiary/aromatic N) is 4. The fourth-order valence-electron chi connectivity index (χ4n) is 2.38. The monoisotopic (exact) mass is 309 g/mol. The number of rotatable bonds is 6. The first kappa shape index (κ1) is 16.4. The molecule has 0 radical (unpaired) electrons. The Morgan fingerprint density at radius 3 is 2.95 bits per heavy atom. The molecule has 0 spiro atoms. The Morgan fingerprint density at radius 1 is 1.55 bits per heavy atom. The summed E-state index contributed by atoms with van der Waals surface area (Å²) in [6.45, 7) is 5.34. The molecule has 122 valence electrons. The molecule has 8 heteroatoms. The van der Waals surface area contributed by atoms with Crippen molar-refractivity contribution in [2.45, 2.75) is 45.3 Å². The summed E-state index contributed by atoms with van der Waals surface area (Å²) in [7, 11) is 0. The maximum atomic E-state index is 12.2. The molecule has 1 aromatic heterocycles. The summed E-state index contributed by atoms with van der Waals surface area (Å²) in [5.74, 6) is -0.659. The minimum absolute atomic E-state index is 0.00329. The molecule has 1 aliphatic rings. The van der Waals surface area contributed by atoms with Crippen LogP contribution < -0.4 is 5.73 Å². The van der Waals surface area contributed by atoms with Crippen LogP contribution in [0.15, 0.2) is 6.33 Å². The summed E-state index contributed by atoms with van der Waals surface area (Å²) in [5, 5.41) is 4.08. The molecule has 2 rings (SSSR count). The highest BCUT2D eigenvalue weighted by Crippen LogP contribution is 2.20. The van der Waals surface area contributed by atoms with Gasteiger partial charge in [0, 0.05) is 13.1 Å². The number of carbonyl (C=O) groups is 2. The van der Waals surface area contributed by atoms with Gasteiger partial charge >= 0.3 is 0 Å². The highest BCUT2D eigenvalue weighted by Gasteiger charge is 2.26. The first-order valence-electron chi connectivity index (χ1n) is 7.61. The molecule has 2 atom stereocenters. The average molecular weight is 309 g/mol. The van der Waals surface area contributed by atoms with Crippen LogP contribution in [0.4, 0.5) is 0 Å². The van der Waals surface area contributed by atoms with Gasteiger partial charge in [0.1, 0.15) is 12.9 Å². The SMILES string of the molecule is CC[C@@H](C)OCC(=O)N1CCC[C@H](n2cnc(C(N)=O)n2)C1. The second kappa shape index (κ2) is 7.35. The van der Waals surface area contributed by atoms with Gasteiger partial charge < -0.3 is 15.4 Å². The number of nitrogens with two attached hydrogens (primary N) is 1. The molecule has 0 saturated carbocycles. The second-order valence-electron chi connectivity index (χ2n) is 5.58. The zero-order chi connectivity index (χ0) is 16.1. The van der Waals surface area contributed by atoms with E-state index in [0.717, 1.165) is 25.8 Å². The molecule has 0 aliphatic carbocycles. The van der Waals surface area contributed by atoms with Crippen molar-refractivity contribution >= 4 is 11.8 Å². The Bertz CT molecular complexity index is 530.